The number of hydrogen-bond donors (Lipinski definition) is 1. The largest absolute Gasteiger partial charge is 0.439 e. The van der Waals surface area contributed by atoms with Crippen molar-refractivity contribution in [2.75, 3.05) is 0 Å². The Labute approximate surface area is 73.2 Å². The van der Waals surface area contributed by atoms with E-state index in [9.17, 15) is 4.79 Å². The van der Waals surface area contributed by atoms with E-state index in [0.717, 1.165) is 12.2 Å². The number of hydrogen-bond acceptors (Lipinski definition) is 4. The molecule has 0 fully saturated rings. The van der Waals surface area contributed by atoms with Gasteiger partial charge in [0.2, 0.25) is 5.82 Å². The lowest BCUT2D eigenvalue weighted by atomic mass is 10.4. The molecule has 2 aromatic rings. The first-order chi connectivity index (χ1) is 6.31. The first kappa shape index (κ1) is 7.78. The van der Waals surface area contributed by atoms with Crippen molar-refractivity contribution in [3.63, 3.8) is 0 Å². The third-order valence-corrected chi connectivity index (χ3v) is 1.70. The fourth-order valence-electron chi connectivity index (χ4n) is 1.13. The molecule has 0 amide bonds. The Kier molecular flexibility index (Phi) is 1.73. The van der Waals surface area contributed by atoms with Gasteiger partial charge in [0, 0.05) is 12.7 Å². The Morgan fingerprint density at radius 3 is 3.15 bits per heavy atom. The summed E-state index contributed by atoms with van der Waals surface area (Å²) in [4.78, 5) is 13.1. The minimum absolute atomic E-state index is 0.407. The van der Waals surface area contributed by atoms with Gasteiger partial charge in [-0.3, -0.25) is 14.2 Å². The topological polar surface area (TPSA) is 76.7 Å². The Hall–Kier alpha value is -1.85. The van der Waals surface area contributed by atoms with E-state index in [4.69, 9.17) is 0 Å². The maximum absolute atomic E-state index is 10.7. The molecule has 0 saturated carbocycles. The number of H-pyrrole nitrogens is 1. The van der Waals surface area contributed by atoms with Gasteiger partial charge in [-0.05, 0) is 13.0 Å². The van der Waals surface area contributed by atoms with Crippen molar-refractivity contribution in [1.82, 2.24) is 19.9 Å². The number of nitrogens with one attached hydrogen (secondary N) is 1. The zero-order valence-corrected chi connectivity index (χ0v) is 7.02. The fraction of sp³-hybridized carbons (Fsp3) is 0.286. The molecule has 0 atom stereocenters. The van der Waals surface area contributed by atoms with Crippen LogP contribution in [0.25, 0.3) is 11.5 Å². The lowest BCUT2D eigenvalue weighted by Gasteiger charge is -1.98. The minimum atomic E-state index is -0.557. The normalized spacial score (nSPS) is 10.5. The SMILES string of the molecule is CCn1nccc1-c1noc(=O)[nH]1. The van der Waals surface area contributed by atoms with Crippen LogP contribution in [0.3, 0.4) is 0 Å². The van der Waals surface area contributed by atoms with E-state index in [0.29, 0.717) is 5.82 Å². The lowest BCUT2D eigenvalue weighted by Crippen LogP contribution is -2.01. The molecule has 0 bridgehead atoms. The molecule has 1 N–H and O–H groups in total. The molecular formula is C7H8N4O2. The summed E-state index contributed by atoms with van der Waals surface area (Å²) in [7, 11) is 0. The summed E-state index contributed by atoms with van der Waals surface area (Å²) in [6, 6.07) is 1.76. The number of rotatable bonds is 2. The first-order valence-electron chi connectivity index (χ1n) is 3.89. The van der Waals surface area contributed by atoms with Crippen LogP contribution in [0.4, 0.5) is 0 Å². The zero-order chi connectivity index (χ0) is 9.26. The summed E-state index contributed by atoms with van der Waals surface area (Å²) in [5.41, 5.74) is 0.744. The molecule has 2 aromatic heterocycles. The van der Waals surface area contributed by atoms with Crippen molar-refractivity contribution >= 4 is 0 Å². The van der Waals surface area contributed by atoms with Crippen LogP contribution in [0.1, 0.15) is 6.92 Å². The van der Waals surface area contributed by atoms with Gasteiger partial charge in [-0.2, -0.15) is 5.10 Å². The molecule has 13 heavy (non-hydrogen) atoms. The van der Waals surface area contributed by atoms with Gasteiger partial charge in [0.05, 0.1) is 0 Å². The molecule has 0 saturated heterocycles. The van der Waals surface area contributed by atoms with Crippen LogP contribution in [0, 0.1) is 0 Å². The van der Waals surface area contributed by atoms with Crippen LogP contribution in [0.15, 0.2) is 21.6 Å². The van der Waals surface area contributed by atoms with Gasteiger partial charge in [0.1, 0.15) is 5.69 Å². The molecule has 2 rings (SSSR count). The molecule has 0 aliphatic heterocycles. The maximum atomic E-state index is 10.7. The van der Waals surface area contributed by atoms with E-state index >= 15 is 0 Å². The molecular weight excluding hydrogens is 172 g/mol. The average molecular weight is 180 g/mol. The number of aromatic amines is 1. The van der Waals surface area contributed by atoms with Crippen LogP contribution in [-0.4, -0.2) is 19.9 Å². The van der Waals surface area contributed by atoms with Crippen molar-refractivity contribution in [3.8, 4) is 11.5 Å². The van der Waals surface area contributed by atoms with Gasteiger partial charge < -0.3 is 0 Å². The Balaban J connectivity index is 2.51. The quantitative estimate of drug-likeness (QED) is 0.718. The monoisotopic (exact) mass is 180 g/mol. The summed E-state index contributed by atoms with van der Waals surface area (Å²) < 4.78 is 6.10. The van der Waals surface area contributed by atoms with Crippen molar-refractivity contribution in [2.45, 2.75) is 13.5 Å². The highest BCUT2D eigenvalue weighted by Crippen LogP contribution is 2.11. The molecule has 6 nitrogen and oxygen atoms in total. The Bertz CT molecular complexity index is 453. The van der Waals surface area contributed by atoms with Gasteiger partial charge in [-0.25, -0.2) is 4.79 Å². The summed E-state index contributed by atoms with van der Waals surface area (Å²) in [5.74, 6) is -0.150. The van der Waals surface area contributed by atoms with E-state index in [2.05, 4.69) is 19.8 Å². The molecule has 0 unspecified atom stereocenters. The van der Waals surface area contributed by atoms with Crippen molar-refractivity contribution < 1.29 is 4.52 Å². The predicted molar refractivity (Wildman–Crippen MR) is 44.0 cm³/mol. The minimum Gasteiger partial charge on any atom is -0.296 e. The van der Waals surface area contributed by atoms with E-state index in [1.807, 2.05) is 6.92 Å². The van der Waals surface area contributed by atoms with E-state index in [1.54, 1.807) is 16.9 Å². The third-order valence-electron chi connectivity index (χ3n) is 1.70. The summed E-state index contributed by atoms with van der Waals surface area (Å²) in [5, 5.41) is 7.60. The van der Waals surface area contributed by atoms with Gasteiger partial charge in [-0.15, -0.1) is 0 Å². The van der Waals surface area contributed by atoms with E-state index in [1.165, 1.54) is 0 Å². The molecule has 6 heteroatoms. The van der Waals surface area contributed by atoms with Crippen molar-refractivity contribution in [3.05, 3.63) is 22.8 Å². The summed E-state index contributed by atoms with van der Waals surface area (Å²) >= 11 is 0. The molecule has 0 aliphatic rings. The van der Waals surface area contributed by atoms with Crippen molar-refractivity contribution in [2.24, 2.45) is 0 Å². The predicted octanol–water partition coefficient (Wildman–Crippen LogP) is 0.246. The molecule has 0 aliphatic carbocycles. The molecule has 0 radical (unpaired) electrons. The third kappa shape index (κ3) is 1.26. The highest BCUT2D eigenvalue weighted by Gasteiger charge is 2.08. The fourth-order valence-corrected chi connectivity index (χ4v) is 1.13. The molecule has 0 aromatic carbocycles. The van der Waals surface area contributed by atoms with Gasteiger partial charge in [-0.1, -0.05) is 5.16 Å². The van der Waals surface area contributed by atoms with Gasteiger partial charge in [0.15, 0.2) is 0 Å². The van der Waals surface area contributed by atoms with Crippen LogP contribution in [0.5, 0.6) is 0 Å². The highest BCUT2D eigenvalue weighted by molar-refractivity contribution is 5.47. The van der Waals surface area contributed by atoms with Gasteiger partial charge >= 0.3 is 5.76 Å². The second-order valence-electron chi connectivity index (χ2n) is 2.48. The number of nitrogens with zero attached hydrogens (tertiary/aromatic N) is 3. The van der Waals surface area contributed by atoms with E-state index in [-0.39, 0.29) is 0 Å². The van der Waals surface area contributed by atoms with Crippen LogP contribution in [0.2, 0.25) is 0 Å². The maximum Gasteiger partial charge on any atom is 0.439 e. The standard InChI is InChI=1S/C7H8N4O2/c1-2-11-5(3-4-8-11)6-9-7(12)13-10-6/h3-4H,2H2,1H3,(H,9,10,12). The van der Waals surface area contributed by atoms with Gasteiger partial charge in [0.25, 0.3) is 0 Å². The van der Waals surface area contributed by atoms with Crippen LogP contribution in [-0.2, 0) is 6.54 Å². The lowest BCUT2D eigenvalue weighted by molar-refractivity contribution is 0.387. The first-order valence-corrected chi connectivity index (χ1v) is 3.89. The molecule has 68 valence electrons. The highest BCUT2D eigenvalue weighted by atomic mass is 16.5. The Morgan fingerprint density at radius 1 is 1.69 bits per heavy atom. The molecule has 2 heterocycles. The van der Waals surface area contributed by atoms with Crippen LogP contribution < -0.4 is 5.76 Å². The second kappa shape index (κ2) is 2.89. The van der Waals surface area contributed by atoms with Crippen molar-refractivity contribution in [1.29, 1.82) is 0 Å². The number of aryl methyl sites for hydroxylation is 1. The summed E-state index contributed by atoms with van der Waals surface area (Å²) in [6.45, 7) is 2.67. The zero-order valence-electron chi connectivity index (χ0n) is 7.02. The molecule has 0 spiro atoms. The Morgan fingerprint density at radius 2 is 2.54 bits per heavy atom. The number of aromatic nitrogens is 4. The van der Waals surface area contributed by atoms with Crippen LogP contribution >= 0.6 is 0 Å². The van der Waals surface area contributed by atoms with E-state index < -0.39 is 5.76 Å². The second-order valence-corrected chi connectivity index (χ2v) is 2.48. The average Bonchev–Trinajstić information content (AvgIpc) is 2.71. The smallest absolute Gasteiger partial charge is 0.296 e. The summed E-state index contributed by atoms with van der Waals surface area (Å²) in [6.07, 6.45) is 1.64.